The highest BCUT2D eigenvalue weighted by molar-refractivity contribution is 6.31. The maximum absolute atomic E-state index is 13.4. The summed E-state index contributed by atoms with van der Waals surface area (Å²) in [7, 11) is 0. The summed E-state index contributed by atoms with van der Waals surface area (Å²) < 4.78 is 26.5. The molecule has 0 atom stereocenters. The highest BCUT2D eigenvalue weighted by Crippen LogP contribution is 2.33. The Morgan fingerprint density at radius 3 is 2.54 bits per heavy atom. The fourth-order valence-electron chi connectivity index (χ4n) is 3.00. The summed E-state index contributed by atoms with van der Waals surface area (Å²) in [5.41, 5.74) is 3.67. The first-order valence-corrected chi connectivity index (χ1v) is 8.38. The van der Waals surface area contributed by atoms with E-state index in [9.17, 15) is 13.6 Å². The number of halogens is 3. The minimum absolute atomic E-state index is 0.0299. The Labute approximate surface area is 153 Å². The van der Waals surface area contributed by atoms with Crippen molar-refractivity contribution in [2.24, 2.45) is 0 Å². The van der Waals surface area contributed by atoms with Gasteiger partial charge in [-0.1, -0.05) is 29.8 Å². The van der Waals surface area contributed by atoms with Crippen molar-refractivity contribution in [2.75, 3.05) is 4.90 Å². The molecule has 1 aliphatic heterocycles. The van der Waals surface area contributed by atoms with Crippen LogP contribution in [0, 0.1) is 11.6 Å². The molecule has 0 unspecified atom stereocenters. The number of carbonyl (C=O) groups is 1. The van der Waals surface area contributed by atoms with Gasteiger partial charge in [0.15, 0.2) is 0 Å². The Morgan fingerprint density at radius 2 is 1.81 bits per heavy atom. The zero-order valence-corrected chi connectivity index (χ0v) is 14.3. The number of anilines is 1. The number of fused-ring (bicyclic) bond motifs is 1. The fraction of sp³-hybridized carbons (Fsp3) is 0.100. The van der Waals surface area contributed by atoms with E-state index in [1.165, 1.54) is 24.3 Å². The lowest BCUT2D eigenvalue weighted by Crippen LogP contribution is -2.26. The quantitative estimate of drug-likeness (QED) is 0.665. The van der Waals surface area contributed by atoms with Crippen molar-refractivity contribution in [3.63, 3.8) is 0 Å². The molecular formula is C20H13ClF2N2O. The van der Waals surface area contributed by atoms with Gasteiger partial charge >= 0.3 is 0 Å². The molecule has 6 heteroatoms. The second kappa shape index (κ2) is 6.50. The van der Waals surface area contributed by atoms with Gasteiger partial charge in [0.05, 0.1) is 29.4 Å². The SMILES string of the molecule is O=C1Cc2ncc(-c3ccc(F)c(Cl)c3)cc2N1Cc1ccc(F)cc1. The van der Waals surface area contributed by atoms with Gasteiger partial charge in [0.25, 0.3) is 0 Å². The van der Waals surface area contributed by atoms with Gasteiger partial charge in [-0.3, -0.25) is 9.78 Å². The molecule has 0 N–H and O–H groups in total. The van der Waals surface area contributed by atoms with E-state index in [2.05, 4.69) is 4.98 Å². The molecule has 130 valence electrons. The highest BCUT2D eigenvalue weighted by Gasteiger charge is 2.29. The number of aromatic nitrogens is 1. The van der Waals surface area contributed by atoms with E-state index >= 15 is 0 Å². The van der Waals surface area contributed by atoms with E-state index in [-0.39, 0.29) is 23.2 Å². The second-order valence-corrected chi connectivity index (χ2v) is 6.51. The Bertz CT molecular complexity index is 1010. The molecule has 4 rings (SSSR count). The monoisotopic (exact) mass is 370 g/mol. The zero-order chi connectivity index (χ0) is 18.3. The molecule has 1 amide bonds. The van der Waals surface area contributed by atoms with Crippen molar-refractivity contribution in [1.29, 1.82) is 0 Å². The molecule has 0 aliphatic carbocycles. The molecule has 1 aromatic heterocycles. The third-order valence-electron chi connectivity index (χ3n) is 4.36. The number of hydrogen-bond donors (Lipinski definition) is 0. The minimum Gasteiger partial charge on any atom is -0.306 e. The van der Waals surface area contributed by atoms with Gasteiger partial charge in [-0.2, -0.15) is 0 Å². The molecule has 0 saturated heterocycles. The van der Waals surface area contributed by atoms with Crippen LogP contribution in [0.5, 0.6) is 0 Å². The van der Waals surface area contributed by atoms with Crippen molar-refractivity contribution in [2.45, 2.75) is 13.0 Å². The second-order valence-electron chi connectivity index (χ2n) is 6.10. The largest absolute Gasteiger partial charge is 0.306 e. The first-order valence-electron chi connectivity index (χ1n) is 8.00. The molecule has 3 nitrogen and oxygen atoms in total. The molecule has 26 heavy (non-hydrogen) atoms. The van der Waals surface area contributed by atoms with E-state index in [0.717, 1.165) is 11.1 Å². The summed E-state index contributed by atoms with van der Waals surface area (Å²) >= 11 is 5.86. The predicted octanol–water partition coefficient (Wildman–Crippen LogP) is 4.77. The van der Waals surface area contributed by atoms with E-state index < -0.39 is 5.82 Å². The lowest BCUT2D eigenvalue weighted by atomic mass is 10.1. The number of benzene rings is 2. The third-order valence-corrected chi connectivity index (χ3v) is 4.65. The third kappa shape index (κ3) is 3.06. The molecule has 2 heterocycles. The van der Waals surface area contributed by atoms with E-state index in [1.807, 2.05) is 6.07 Å². The smallest absolute Gasteiger partial charge is 0.233 e. The predicted molar refractivity (Wildman–Crippen MR) is 95.9 cm³/mol. The van der Waals surface area contributed by atoms with Gasteiger partial charge in [0.1, 0.15) is 11.6 Å². The molecule has 0 bridgehead atoms. The Morgan fingerprint density at radius 1 is 1.04 bits per heavy atom. The van der Waals surface area contributed by atoms with E-state index in [0.29, 0.717) is 23.5 Å². The summed E-state index contributed by atoms with van der Waals surface area (Å²) in [5.74, 6) is -0.872. The van der Waals surface area contributed by atoms with Crippen molar-refractivity contribution in [3.8, 4) is 11.1 Å². The Hall–Kier alpha value is -2.79. The summed E-state index contributed by atoms with van der Waals surface area (Å²) in [6.45, 7) is 0.335. The Kier molecular flexibility index (Phi) is 4.17. The lowest BCUT2D eigenvalue weighted by molar-refractivity contribution is -0.117. The van der Waals surface area contributed by atoms with Crippen LogP contribution in [0.2, 0.25) is 5.02 Å². The number of amides is 1. The number of nitrogens with zero attached hydrogens (tertiary/aromatic N) is 2. The minimum atomic E-state index is -0.488. The summed E-state index contributed by atoms with van der Waals surface area (Å²) in [6.07, 6.45) is 1.87. The van der Waals surface area contributed by atoms with Crippen molar-refractivity contribution in [1.82, 2.24) is 4.98 Å². The molecule has 1 aliphatic rings. The van der Waals surface area contributed by atoms with Crippen LogP contribution in [-0.2, 0) is 17.8 Å². The topological polar surface area (TPSA) is 33.2 Å². The van der Waals surface area contributed by atoms with Crippen LogP contribution < -0.4 is 4.90 Å². The van der Waals surface area contributed by atoms with Gasteiger partial charge in [-0.15, -0.1) is 0 Å². The summed E-state index contributed by atoms with van der Waals surface area (Å²) in [4.78, 5) is 18.4. The maximum atomic E-state index is 13.4. The van der Waals surface area contributed by atoms with Crippen LogP contribution in [0.15, 0.2) is 54.7 Å². The highest BCUT2D eigenvalue weighted by atomic mass is 35.5. The molecule has 0 radical (unpaired) electrons. The Balaban J connectivity index is 1.69. The number of pyridine rings is 1. The molecule has 0 saturated carbocycles. The summed E-state index contributed by atoms with van der Waals surface area (Å²) in [5, 5.41) is 0.0299. The maximum Gasteiger partial charge on any atom is 0.233 e. The normalized spacial score (nSPS) is 13.2. The first kappa shape index (κ1) is 16.7. The standard InChI is InChI=1S/C20H13ClF2N2O/c21-16-7-13(3-6-17(16)23)14-8-19-18(24-10-14)9-20(26)25(19)11-12-1-4-15(22)5-2-12/h1-8,10H,9,11H2. The van der Waals surface area contributed by atoms with Gasteiger partial charge in [-0.05, 0) is 41.5 Å². The fourth-order valence-corrected chi connectivity index (χ4v) is 3.18. The van der Waals surface area contributed by atoms with Crippen LogP contribution in [0.25, 0.3) is 11.1 Å². The van der Waals surface area contributed by atoms with Crippen LogP contribution in [0.1, 0.15) is 11.3 Å². The molecule has 0 fully saturated rings. The van der Waals surface area contributed by atoms with Gasteiger partial charge in [-0.25, -0.2) is 8.78 Å². The zero-order valence-electron chi connectivity index (χ0n) is 13.5. The van der Waals surface area contributed by atoms with Crippen molar-refractivity contribution >= 4 is 23.2 Å². The van der Waals surface area contributed by atoms with Crippen LogP contribution in [-0.4, -0.2) is 10.9 Å². The van der Waals surface area contributed by atoms with Gasteiger partial charge in [0, 0.05) is 11.8 Å². The molecule has 0 spiro atoms. The van der Waals surface area contributed by atoms with Gasteiger partial charge in [0.2, 0.25) is 5.91 Å². The molecule has 2 aromatic carbocycles. The molecule has 3 aromatic rings. The summed E-state index contributed by atoms with van der Waals surface area (Å²) in [6, 6.07) is 12.3. The average molecular weight is 371 g/mol. The first-order chi connectivity index (χ1) is 12.5. The lowest BCUT2D eigenvalue weighted by Gasteiger charge is -2.18. The molecular weight excluding hydrogens is 358 g/mol. The van der Waals surface area contributed by atoms with Crippen molar-refractivity contribution in [3.05, 3.63) is 82.6 Å². The van der Waals surface area contributed by atoms with Crippen LogP contribution >= 0.6 is 11.6 Å². The van der Waals surface area contributed by atoms with Gasteiger partial charge < -0.3 is 4.90 Å². The van der Waals surface area contributed by atoms with E-state index in [1.54, 1.807) is 29.3 Å². The van der Waals surface area contributed by atoms with Crippen LogP contribution in [0.3, 0.4) is 0 Å². The number of rotatable bonds is 3. The average Bonchev–Trinajstić information content (AvgIpc) is 2.94. The van der Waals surface area contributed by atoms with E-state index in [4.69, 9.17) is 11.6 Å². The van der Waals surface area contributed by atoms with Crippen LogP contribution in [0.4, 0.5) is 14.5 Å². The number of carbonyl (C=O) groups excluding carboxylic acids is 1. The van der Waals surface area contributed by atoms with Crippen molar-refractivity contribution < 1.29 is 13.6 Å². The number of hydrogen-bond acceptors (Lipinski definition) is 2.